The van der Waals surface area contributed by atoms with Crippen LogP contribution in [0, 0.1) is 0 Å². The minimum absolute atomic E-state index is 0.440. The monoisotopic (exact) mass is 262 g/mol. The van der Waals surface area contributed by atoms with Crippen LogP contribution in [0.4, 0.5) is 0 Å². The van der Waals surface area contributed by atoms with Gasteiger partial charge in [0.05, 0.1) is 6.10 Å². The number of aliphatic hydroxyl groups is 1. The predicted octanol–water partition coefficient (Wildman–Crippen LogP) is 4.15. The minimum Gasteiger partial charge on any atom is -0.389 e. The van der Waals surface area contributed by atoms with Crippen LogP contribution in [-0.2, 0) is 0 Å². The third kappa shape index (κ3) is 4.47. The molecule has 4 heteroatoms. The van der Waals surface area contributed by atoms with Gasteiger partial charge in [0.25, 0.3) is 0 Å². The van der Waals surface area contributed by atoms with E-state index < -0.39 is 6.10 Å². The molecule has 1 rings (SSSR count). The van der Waals surface area contributed by atoms with E-state index in [0.29, 0.717) is 10.8 Å². The molecule has 0 heterocycles. The van der Waals surface area contributed by atoms with Gasteiger partial charge in [-0.15, -0.1) is 11.8 Å². The van der Waals surface area contributed by atoms with E-state index in [2.05, 4.69) is 0 Å². The molecule has 0 bridgehead atoms. The van der Waals surface area contributed by atoms with E-state index in [9.17, 15) is 5.11 Å². The fourth-order valence-corrected chi connectivity index (χ4v) is 2.16. The van der Waals surface area contributed by atoms with Gasteiger partial charge in [-0.2, -0.15) is 0 Å². The topological polar surface area (TPSA) is 20.2 Å². The molecule has 1 N–H and O–H groups in total. The highest BCUT2D eigenvalue weighted by Crippen LogP contribution is 2.25. The quantitative estimate of drug-likeness (QED) is 0.823. The number of aliphatic hydroxyl groups excluding tert-OH is 1. The van der Waals surface area contributed by atoms with Crippen LogP contribution >= 0.6 is 35.0 Å². The van der Waals surface area contributed by atoms with Crippen molar-refractivity contribution in [3.05, 3.63) is 40.4 Å². The molecule has 0 aliphatic carbocycles. The first kappa shape index (κ1) is 12.9. The Morgan fingerprint density at radius 2 is 2.33 bits per heavy atom. The molecule has 1 aromatic carbocycles. The van der Waals surface area contributed by atoms with Crippen LogP contribution in [0.1, 0.15) is 18.6 Å². The lowest BCUT2D eigenvalue weighted by molar-refractivity contribution is 0.199. The van der Waals surface area contributed by atoms with Crippen LogP contribution in [0.5, 0.6) is 0 Å². The van der Waals surface area contributed by atoms with E-state index >= 15 is 0 Å². The molecular weight excluding hydrogens is 251 g/mol. The molecule has 82 valence electrons. The van der Waals surface area contributed by atoms with Gasteiger partial charge < -0.3 is 5.11 Å². The molecule has 0 aromatic heterocycles. The molecule has 0 saturated heterocycles. The van der Waals surface area contributed by atoms with Crippen molar-refractivity contribution >= 4 is 35.0 Å². The van der Waals surface area contributed by atoms with E-state index in [1.54, 1.807) is 18.7 Å². The van der Waals surface area contributed by atoms with Crippen molar-refractivity contribution < 1.29 is 5.11 Å². The first-order chi connectivity index (χ1) is 7.13. The second-order valence-electron chi connectivity index (χ2n) is 3.09. The maximum atomic E-state index is 9.40. The smallest absolute Gasteiger partial charge is 0.0762 e. The average molecular weight is 263 g/mol. The molecule has 15 heavy (non-hydrogen) atoms. The van der Waals surface area contributed by atoms with Crippen molar-refractivity contribution in [1.82, 2.24) is 0 Å². The zero-order valence-electron chi connectivity index (χ0n) is 8.28. The average Bonchev–Trinajstić information content (AvgIpc) is 2.26. The first-order valence-corrected chi connectivity index (χ1v) is 6.29. The summed E-state index contributed by atoms with van der Waals surface area (Å²) in [5.74, 6) is 0.647. The Labute approximate surface area is 104 Å². The lowest BCUT2D eigenvalue weighted by atomic mass is 10.1. The van der Waals surface area contributed by atoms with Gasteiger partial charge in [-0.25, -0.2) is 0 Å². The molecule has 0 saturated carbocycles. The number of rotatable bonds is 4. The third-order valence-corrected chi connectivity index (χ3v) is 3.65. The summed E-state index contributed by atoms with van der Waals surface area (Å²) in [4.78, 5) is 1.07. The van der Waals surface area contributed by atoms with E-state index in [0.717, 1.165) is 10.5 Å². The Balaban J connectivity index is 2.66. The summed E-state index contributed by atoms with van der Waals surface area (Å²) >= 11 is 12.8. The van der Waals surface area contributed by atoms with Gasteiger partial charge in [-0.1, -0.05) is 35.3 Å². The molecule has 0 aliphatic heterocycles. The van der Waals surface area contributed by atoms with Crippen molar-refractivity contribution in [2.24, 2.45) is 0 Å². The molecule has 0 aliphatic rings. The van der Waals surface area contributed by atoms with E-state index in [-0.39, 0.29) is 0 Å². The Morgan fingerprint density at radius 1 is 1.60 bits per heavy atom. The Bertz CT molecular complexity index is 350. The highest BCUT2D eigenvalue weighted by molar-refractivity contribution is 7.99. The summed E-state index contributed by atoms with van der Waals surface area (Å²) in [5.41, 5.74) is 2.28. The van der Waals surface area contributed by atoms with E-state index in [1.807, 2.05) is 24.3 Å². The van der Waals surface area contributed by atoms with Gasteiger partial charge in [-0.3, -0.25) is 0 Å². The fraction of sp³-hybridized carbons (Fsp3) is 0.273. The molecule has 0 amide bonds. The lowest BCUT2D eigenvalue weighted by Crippen LogP contribution is -1.90. The number of benzene rings is 1. The highest BCUT2D eigenvalue weighted by atomic mass is 35.5. The third-order valence-electron chi connectivity index (χ3n) is 1.84. The zero-order chi connectivity index (χ0) is 11.3. The summed E-state index contributed by atoms with van der Waals surface area (Å²) < 4.78 is 0. The summed E-state index contributed by atoms with van der Waals surface area (Å²) in [5, 5.41) is 10.0. The van der Waals surface area contributed by atoms with Crippen LogP contribution in [0.25, 0.3) is 0 Å². The van der Waals surface area contributed by atoms with Gasteiger partial charge >= 0.3 is 0 Å². The second kappa shape index (κ2) is 6.44. The Morgan fingerprint density at radius 3 is 2.93 bits per heavy atom. The maximum Gasteiger partial charge on any atom is 0.0762 e. The first-order valence-electron chi connectivity index (χ1n) is 4.49. The van der Waals surface area contributed by atoms with Gasteiger partial charge in [0, 0.05) is 21.2 Å². The number of hydrogen-bond donors (Lipinski definition) is 1. The standard InChI is InChI=1S/C11H12Cl2OS/c1-8(14)9-3-2-4-11(5-9)15-7-10(13)6-12/h2-6,8,14H,7H2,1H3. The molecule has 1 atom stereocenters. The van der Waals surface area contributed by atoms with Crippen molar-refractivity contribution in [3.63, 3.8) is 0 Å². The molecule has 0 spiro atoms. The second-order valence-corrected chi connectivity index (χ2v) is 4.85. The maximum absolute atomic E-state index is 9.40. The Hall–Kier alpha value is -0.150. The number of halogens is 2. The van der Waals surface area contributed by atoms with Gasteiger partial charge in [-0.05, 0) is 24.6 Å². The fourth-order valence-electron chi connectivity index (χ4n) is 1.05. The summed E-state index contributed by atoms with van der Waals surface area (Å²) in [6, 6.07) is 7.75. The van der Waals surface area contributed by atoms with Crippen LogP contribution in [0.2, 0.25) is 0 Å². The molecule has 1 unspecified atom stereocenters. The van der Waals surface area contributed by atoms with E-state index in [4.69, 9.17) is 23.2 Å². The Kier molecular flexibility index (Phi) is 5.54. The highest BCUT2D eigenvalue weighted by Gasteiger charge is 2.02. The molecule has 1 aromatic rings. The predicted molar refractivity (Wildman–Crippen MR) is 67.6 cm³/mol. The summed E-state index contributed by atoms with van der Waals surface area (Å²) in [6.07, 6.45) is -0.440. The largest absolute Gasteiger partial charge is 0.389 e. The van der Waals surface area contributed by atoms with Gasteiger partial charge in [0.1, 0.15) is 0 Å². The number of thioether (sulfide) groups is 1. The van der Waals surface area contributed by atoms with Crippen molar-refractivity contribution in [1.29, 1.82) is 0 Å². The van der Waals surface area contributed by atoms with Crippen LogP contribution in [-0.4, -0.2) is 10.9 Å². The molecular formula is C11H12Cl2OS. The van der Waals surface area contributed by atoms with Crippen molar-refractivity contribution in [2.45, 2.75) is 17.9 Å². The van der Waals surface area contributed by atoms with Crippen molar-refractivity contribution in [3.8, 4) is 0 Å². The van der Waals surface area contributed by atoms with Gasteiger partial charge in [0.15, 0.2) is 0 Å². The van der Waals surface area contributed by atoms with Crippen LogP contribution < -0.4 is 0 Å². The SMILES string of the molecule is CC(O)c1cccc(SCC(Cl)=CCl)c1. The van der Waals surface area contributed by atoms with Gasteiger partial charge in [0.2, 0.25) is 0 Å². The summed E-state index contributed by atoms with van der Waals surface area (Å²) in [6.45, 7) is 1.75. The number of hydrogen-bond acceptors (Lipinski definition) is 2. The van der Waals surface area contributed by atoms with Crippen LogP contribution in [0.3, 0.4) is 0 Å². The normalized spacial score (nSPS) is 14.0. The minimum atomic E-state index is -0.440. The summed E-state index contributed by atoms with van der Waals surface area (Å²) in [7, 11) is 0. The van der Waals surface area contributed by atoms with Crippen molar-refractivity contribution in [2.75, 3.05) is 5.75 Å². The van der Waals surface area contributed by atoms with Crippen LogP contribution in [0.15, 0.2) is 39.7 Å². The zero-order valence-corrected chi connectivity index (χ0v) is 10.6. The molecule has 0 fully saturated rings. The molecule has 0 radical (unpaired) electrons. The van der Waals surface area contributed by atoms with E-state index in [1.165, 1.54) is 5.54 Å². The lowest BCUT2D eigenvalue weighted by Gasteiger charge is -2.06. The molecule has 1 nitrogen and oxygen atoms in total.